The summed E-state index contributed by atoms with van der Waals surface area (Å²) in [6.45, 7) is -1.35. The van der Waals surface area contributed by atoms with Crippen molar-refractivity contribution in [2.75, 3.05) is 11.9 Å². The number of rotatable bonds is 5. The van der Waals surface area contributed by atoms with Gasteiger partial charge in [0.2, 0.25) is 0 Å². The van der Waals surface area contributed by atoms with Gasteiger partial charge in [-0.3, -0.25) is 9.59 Å². The van der Waals surface area contributed by atoms with E-state index in [1.165, 1.54) is 22.9 Å². The van der Waals surface area contributed by atoms with Crippen molar-refractivity contribution < 1.29 is 27.5 Å². The smallest absolute Gasteiger partial charge is 0.395 e. The summed E-state index contributed by atoms with van der Waals surface area (Å²) < 4.78 is 53.0. The van der Waals surface area contributed by atoms with Gasteiger partial charge in [0, 0.05) is 34.8 Å². The summed E-state index contributed by atoms with van der Waals surface area (Å²) in [6, 6.07) is 8.42. The fraction of sp³-hybridized carbons (Fsp3) is 0.200. The molecule has 29 heavy (non-hydrogen) atoms. The van der Waals surface area contributed by atoms with Gasteiger partial charge >= 0.3 is 6.18 Å². The monoisotopic (exact) mass is 408 g/mol. The molecule has 152 valence electrons. The number of carbonyl (C=O) groups excluding carboxylic acids is 1. The molecule has 0 saturated heterocycles. The number of anilines is 1. The van der Waals surface area contributed by atoms with Crippen LogP contribution in [0, 0.1) is 0 Å². The van der Waals surface area contributed by atoms with Crippen LogP contribution < -0.4 is 10.9 Å². The van der Waals surface area contributed by atoms with Gasteiger partial charge in [-0.25, -0.2) is 4.39 Å². The van der Waals surface area contributed by atoms with Crippen molar-refractivity contribution in [3.8, 4) is 0 Å². The van der Waals surface area contributed by atoms with Gasteiger partial charge in [0.25, 0.3) is 11.5 Å². The number of aliphatic hydroxyl groups is 1. The molecule has 0 atom stereocenters. The molecule has 3 rings (SSSR count). The Hall–Kier alpha value is -3.20. The summed E-state index contributed by atoms with van der Waals surface area (Å²) in [4.78, 5) is 25.0. The topological polar surface area (TPSA) is 71.3 Å². The van der Waals surface area contributed by atoms with E-state index in [9.17, 15) is 27.2 Å². The lowest BCUT2D eigenvalue weighted by atomic mass is 10.0. The van der Waals surface area contributed by atoms with Gasteiger partial charge < -0.3 is 15.0 Å². The van der Waals surface area contributed by atoms with E-state index >= 15 is 0 Å². The molecule has 9 heteroatoms. The van der Waals surface area contributed by atoms with Crippen LogP contribution in [0.25, 0.3) is 10.8 Å². The van der Waals surface area contributed by atoms with E-state index in [0.717, 1.165) is 6.07 Å². The van der Waals surface area contributed by atoms with Crippen molar-refractivity contribution in [1.29, 1.82) is 0 Å². The Morgan fingerprint density at radius 3 is 2.52 bits per heavy atom. The second kappa shape index (κ2) is 8.04. The molecule has 2 N–H and O–H groups in total. The number of aliphatic hydroxyl groups excluding tert-OH is 1. The molecule has 1 aromatic heterocycles. The van der Waals surface area contributed by atoms with Crippen molar-refractivity contribution in [2.45, 2.75) is 19.4 Å². The highest BCUT2D eigenvalue weighted by Gasteiger charge is 2.31. The first-order valence-corrected chi connectivity index (χ1v) is 8.56. The van der Waals surface area contributed by atoms with E-state index in [0.29, 0.717) is 17.5 Å². The van der Waals surface area contributed by atoms with Crippen LogP contribution in [0.5, 0.6) is 0 Å². The van der Waals surface area contributed by atoms with E-state index in [1.54, 1.807) is 12.1 Å². The highest BCUT2D eigenvalue weighted by Crippen LogP contribution is 2.31. The van der Waals surface area contributed by atoms with Gasteiger partial charge in [-0.15, -0.1) is 0 Å². The van der Waals surface area contributed by atoms with Crippen LogP contribution in [0.15, 0.2) is 53.5 Å². The molecule has 0 saturated carbocycles. The number of alkyl halides is 4. The zero-order chi connectivity index (χ0) is 21.2. The number of benzene rings is 2. The maximum Gasteiger partial charge on any atom is 0.416 e. The normalized spacial score (nSPS) is 11.6. The standard InChI is InChI=1S/C20H16F4N2O3/c21-11-12-10-13(20(22,23)24)4-5-14(12)18(28)25-17-3-1-2-16-15(17)6-7-26(8-9-27)19(16)29/h1-7,10,27H,8-9,11H2,(H,25,28). The summed E-state index contributed by atoms with van der Waals surface area (Å²) >= 11 is 0. The summed E-state index contributed by atoms with van der Waals surface area (Å²) in [7, 11) is 0. The summed E-state index contributed by atoms with van der Waals surface area (Å²) in [5.74, 6) is -0.793. The van der Waals surface area contributed by atoms with Crippen molar-refractivity contribution >= 4 is 22.4 Å². The van der Waals surface area contributed by atoms with E-state index in [-0.39, 0.29) is 40.9 Å². The number of nitrogens with zero attached hydrogens (tertiary/aromatic N) is 1. The van der Waals surface area contributed by atoms with Crippen LogP contribution in [0.4, 0.5) is 23.2 Å². The van der Waals surface area contributed by atoms with Crippen LogP contribution in [0.2, 0.25) is 0 Å². The molecule has 3 aromatic rings. The zero-order valence-corrected chi connectivity index (χ0v) is 15.0. The summed E-state index contributed by atoms with van der Waals surface area (Å²) in [5, 5.41) is 12.2. The molecule has 0 unspecified atom stereocenters. The second-order valence-corrected chi connectivity index (χ2v) is 6.26. The van der Waals surface area contributed by atoms with Crippen LogP contribution in [-0.4, -0.2) is 22.2 Å². The summed E-state index contributed by atoms with van der Waals surface area (Å²) in [5.41, 5.74) is -1.78. The number of carbonyl (C=O) groups is 1. The fourth-order valence-electron chi connectivity index (χ4n) is 3.00. The molecule has 0 spiro atoms. The van der Waals surface area contributed by atoms with Crippen LogP contribution in [-0.2, 0) is 19.4 Å². The molecule has 0 aliphatic heterocycles. The number of nitrogens with one attached hydrogen (secondary N) is 1. The first-order chi connectivity index (χ1) is 13.8. The maximum absolute atomic E-state index is 13.3. The molecule has 5 nitrogen and oxygen atoms in total. The zero-order valence-electron chi connectivity index (χ0n) is 15.0. The van der Waals surface area contributed by atoms with Crippen molar-refractivity contribution in [1.82, 2.24) is 4.57 Å². The molecule has 0 fully saturated rings. The van der Waals surface area contributed by atoms with Gasteiger partial charge in [-0.05, 0) is 42.0 Å². The first-order valence-electron chi connectivity index (χ1n) is 8.56. The maximum atomic E-state index is 13.3. The van der Waals surface area contributed by atoms with Gasteiger partial charge in [0.15, 0.2) is 0 Å². The van der Waals surface area contributed by atoms with Gasteiger partial charge in [0.05, 0.1) is 12.2 Å². The molecule has 1 heterocycles. The summed E-state index contributed by atoms with van der Waals surface area (Å²) in [6.07, 6.45) is -3.19. The quantitative estimate of drug-likeness (QED) is 0.632. The number of amides is 1. The fourth-order valence-corrected chi connectivity index (χ4v) is 3.00. The minimum absolute atomic E-state index is 0.108. The molecule has 0 aliphatic rings. The number of aromatic nitrogens is 1. The lowest BCUT2D eigenvalue weighted by Crippen LogP contribution is -2.21. The molecule has 0 bridgehead atoms. The highest BCUT2D eigenvalue weighted by atomic mass is 19.4. The number of hydrogen-bond acceptors (Lipinski definition) is 3. The van der Waals surface area contributed by atoms with Gasteiger partial charge in [-0.2, -0.15) is 13.2 Å². The minimum Gasteiger partial charge on any atom is -0.395 e. The average Bonchev–Trinajstić information content (AvgIpc) is 2.69. The van der Waals surface area contributed by atoms with Gasteiger partial charge in [0.1, 0.15) is 6.67 Å². The van der Waals surface area contributed by atoms with E-state index in [2.05, 4.69) is 5.32 Å². The third-order valence-corrected chi connectivity index (χ3v) is 4.43. The molecule has 0 aliphatic carbocycles. The van der Waals surface area contributed by atoms with Crippen LogP contribution in [0.3, 0.4) is 0 Å². The Kier molecular flexibility index (Phi) is 5.69. The SMILES string of the molecule is O=C(Nc1cccc2c(=O)n(CCO)ccc12)c1ccc(C(F)(F)F)cc1CF. The molecule has 1 amide bonds. The Balaban J connectivity index is 1.98. The van der Waals surface area contributed by atoms with E-state index in [1.807, 2.05) is 0 Å². The van der Waals surface area contributed by atoms with Gasteiger partial charge in [-0.1, -0.05) is 6.07 Å². The molecular formula is C20H16F4N2O3. The van der Waals surface area contributed by atoms with Crippen molar-refractivity contribution in [3.05, 3.63) is 75.7 Å². The first kappa shape index (κ1) is 20.5. The number of fused-ring (bicyclic) bond motifs is 1. The third kappa shape index (κ3) is 4.14. The number of hydrogen-bond donors (Lipinski definition) is 2. The molecule has 2 aromatic carbocycles. The van der Waals surface area contributed by atoms with Crippen molar-refractivity contribution in [2.24, 2.45) is 0 Å². The average molecular weight is 408 g/mol. The lowest BCUT2D eigenvalue weighted by molar-refractivity contribution is -0.137. The largest absolute Gasteiger partial charge is 0.416 e. The molecule has 0 radical (unpaired) electrons. The Morgan fingerprint density at radius 1 is 1.10 bits per heavy atom. The Labute approximate surface area is 162 Å². The predicted octanol–water partition coefficient (Wildman–Crippen LogP) is 3.73. The van der Waals surface area contributed by atoms with Crippen LogP contribution in [0.1, 0.15) is 21.5 Å². The Bertz CT molecular complexity index is 1120. The minimum atomic E-state index is -4.65. The number of pyridine rings is 1. The number of halogens is 4. The second-order valence-electron chi connectivity index (χ2n) is 6.26. The van der Waals surface area contributed by atoms with E-state index < -0.39 is 24.3 Å². The predicted molar refractivity (Wildman–Crippen MR) is 99.5 cm³/mol. The van der Waals surface area contributed by atoms with Crippen LogP contribution >= 0.6 is 0 Å². The Morgan fingerprint density at radius 2 is 1.86 bits per heavy atom. The third-order valence-electron chi connectivity index (χ3n) is 4.43. The molecular weight excluding hydrogens is 392 g/mol. The highest BCUT2D eigenvalue weighted by molar-refractivity contribution is 6.09. The lowest BCUT2D eigenvalue weighted by Gasteiger charge is -2.13. The van der Waals surface area contributed by atoms with E-state index in [4.69, 9.17) is 5.11 Å². The van der Waals surface area contributed by atoms with Crippen molar-refractivity contribution in [3.63, 3.8) is 0 Å².